The van der Waals surface area contributed by atoms with Crippen molar-refractivity contribution in [2.75, 3.05) is 0 Å². The van der Waals surface area contributed by atoms with Crippen LogP contribution in [0.15, 0.2) is 30.3 Å². The number of carboxylic acid groups (broad SMARTS) is 1. The molecule has 0 aliphatic heterocycles. The molecular formula is C21H32N4O6. The van der Waals surface area contributed by atoms with Gasteiger partial charge in [0.1, 0.15) is 18.1 Å². The molecule has 1 aromatic rings. The highest BCUT2D eigenvalue weighted by molar-refractivity contribution is 5.94. The van der Waals surface area contributed by atoms with Gasteiger partial charge in [0.2, 0.25) is 17.7 Å². The number of carboxylic acids is 1. The third kappa shape index (κ3) is 8.35. The van der Waals surface area contributed by atoms with Gasteiger partial charge in [0.15, 0.2) is 0 Å². The maximum absolute atomic E-state index is 12.9. The summed E-state index contributed by atoms with van der Waals surface area (Å²) >= 11 is 0. The second-order valence-corrected chi connectivity index (χ2v) is 7.83. The average Bonchev–Trinajstić information content (AvgIpc) is 2.68. The van der Waals surface area contributed by atoms with Crippen molar-refractivity contribution >= 4 is 23.7 Å². The minimum Gasteiger partial charge on any atom is -0.480 e. The van der Waals surface area contributed by atoms with E-state index in [0.29, 0.717) is 0 Å². The van der Waals surface area contributed by atoms with Crippen molar-refractivity contribution in [1.29, 1.82) is 0 Å². The Morgan fingerprint density at radius 2 is 1.42 bits per heavy atom. The quantitative estimate of drug-likeness (QED) is 0.262. The summed E-state index contributed by atoms with van der Waals surface area (Å²) in [6.45, 7) is 6.04. The Morgan fingerprint density at radius 1 is 0.871 bits per heavy atom. The molecule has 0 saturated heterocycles. The third-order valence-electron chi connectivity index (χ3n) is 4.62. The normalized spacial score (nSPS) is 15.8. The molecule has 0 bridgehead atoms. The molecule has 1 rings (SSSR count). The van der Waals surface area contributed by atoms with E-state index in [9.17, 15) is 29.4 Å². The van der Waals surface area contributed by atoms with Crippen molar-refractivity contribution in [2.24, 2.45) is 11.7 Å². The Hall–Kier alpha value is -2.98. The number of hydrogen-bond donors (Lipinski definition) is 6. The summed E-state index contributed by atoms with van der Waals surface area (Å²) in [6, 6.07) is 4.32. The van der Waals surface area contributed by atoms with E-state index >= 15 is 0 Å². The van der Waals surface area contributed by atoms with Crippen LogP contribution in [-0.4, -0.2) is 64.2 Å². The monoisotopic (exact) mass is 436 g/mol. The minimum atomic E-state index is -1.34. The van der Waals surface area contributed by atoms with Crippen molar-refractivity contribution in [3.63, 3.8) is 0 Å². The van der Waals surface area contributed by atoms with Gasteiger partial charge in [0, 0.05) is 6.42 Å². The number of carbonyl (C=O) groups excluding carboxylic acids is 3. The van der Waals surface area contributed by atoms with Gasteiger partial charge in [0.05, 0.1) is 12.1 Å². The molecule has 7 N–H and O–H groups in total. The van der Waals surface area contributed by atoms with E-state index in [-0.39, 0.29) is 12.3 Å². The van der Waals surface area contributed by atoms with Gasteiger partial charge >= 0.3 is 5.97 Å². The summed E-state index contributed by atoms with van der Waals surface area (Å²) in [5.41, 5.74) is 6.23. The highest BCUT2D eigenvalue weighted by atomic mass is 16.4. The van der Waals surface area contributed by atoms with Crippen LogP contribution in [0, 0.1) is 5.92 Å². The zero-order chi connectivity index (χ0) is 23.7. The van der Waals surface area contributed by atoms with Crippen LogP contribution in [0.2, 0.25) is 0 Å². The first-order chi connectivity index (χ1) is 14.4. The molecule has 0 saturated carbocycles. The first-order valence-corrected chi connectivity index (χ1v) is 10.1. The largest absolute Gasteiger partial charge is 0.480 e. The number of rotatable bonds is 11. The lowest BCUT2D eigenvalue weighted by atomic mass is 10.0. The highest BCUT2D eigenvalue weighted by Crippen LogP contribution is 2.07. The molecule has 0 fully saturated rings. The molecule has 0 heterocycles. The summed E-state index contributed by atoms with van der Waals surface area (Å²) in [5, 5.41) is 26.6. The zero-order valence-corrected chi connectivity index (χ0v) is 18.2. The Bertz CT molecular complexity index is 766. The molecule has 5 unspecified atom stereocenters. The van der Waals surface area contributed by atoms with Crippen molar-refractivity contribution in [2.45, 2.75) is 64.4 Å². The van der Waals surface area contributed by atoms with Gasteiger partial charge in [-0.1, -0.05) is 44.2 Å². The van der Waals surface area contributed by atoms with Gasteiger partial charge in [-0.15, -0.1) is 0 Å². The molecule has 0 aliphatic rings. The van der Waals surface area contributed by atoms with Gasteiger partial charge in [-0.3, -0.25) is 14.4 Å². The number of aliphatic hydroxyl groups is 1. The summed E-state index contributed by atoms with van der Waals surface area (Å²) < 4.78 is 0. The molecule has 0 spiro atoms. The summed E-state index contributed by atoms with van der Waals surface area (Å²) in [5.74, 6) is -3.71. The van der Waals surface area contributed by atoms with E-state index in [0.717, 1.165) is 5.56 Å². The lowest BCUT2D eigenvalue weighted by Gasteiger charge is -2.27. The van der Waals surface area contributed by atoms with E-state index < -0.39 is 54.0 Å². The number of benzene rings is 1. The van der Waals surface area contributed by atoms with Crippen LogP contribution >= 0.6 is 0 Å². The van der Waals surface area contributed by atoms with Gasteiger partial charge in [-0.05, 0) is 25.3 Å². The number of amides is 3. The van der Waals surface area contributed by atoms with Crippen LogP contribution < -0.4 is 21.7 Å². The average molecular weight is 437 g/mol. The van der Waals surface area contributed by atoms with E-state index in [1.165, 1.54) is 13.8 Å². The third-order valence-corrected chi connectivity index (χ3v) is 4.62. The number of carbonyl (C=O) groups is 4. The molecule has 3 amide bonds. The van der Waals surface area contributed by atoms with Crippen LogP contribution in [0.1, 0.15) is 33.3 Å². The smallest absolute Gasteiger partial charge is 0.326 e. The van der Waals surface area contributed by atoms with Crippen molar-refractivity contribution < 1.29 is 29.4 Å². The molecule has 0 radical (unpaired) electrons. The van der Waals surface area contributed by atoms with Gasteiger partial charge in [-0.25, -0.2) is 4.79 Å². The molecule has 1 aromatic carbocycles. The first kappa shape index (κ1) is 26.1. The topological polar surface area (TPSA) is 171 Å². The van der Waals surface area contributed by atoms with Crippen LogP contribution in [0.5, 0.6) is 0 Å². The summed E-state index contributed by atoms with van der Waals surface area (Å²) in [4.78, 5) is 49.0. The molecule has 0 aromatic heterocycles. The molecular weight excluding hydrogens is 404 g/mol. The van der Waals surface area contributed by atoms with Crippen molar-refractivity contribution in [1.82, 2.24) is 16.0 Å². The number of hydrogen-bond acceptors (Lipinski definition) is 6. The van der Waals surface area contributed by atoms with Crippen LogP contribution in [0.25, 0.3) is 0 Å². The van der Waals surface area contributed by atoms with Crippen LogP contribution in [0.3, 0.4) is 0 Å². The zero-order valence-electron chi connectivity index (χ0n) is 18.2. The fourth-order valence-corrected chi connectivity index (χ4v) is 2.78. The first-order valence-electron chi connectivity index (χ1n) is 10.1. The molecule has 10 nitrogen and oxygen atoms in total. The van der Waals surface area contributed by atoms with Gasteiger partial charge in [-0.2, -0.15) is 0 Å². The predicted octanol–water partition coefficient (Wildman–Crippen LogP) is -0.848. The SMILES string of the molecule is CC(N)C(=O)NC(C(=O)NC(Cc1ccccc1)C(=O)NC(C(=O)O)C(C)C)C(C)O. The van der Waals surface area contributed by atoms with E-state index in [1.807, 2.05) is 0 Å². The van der Waals surface area contributed by atoms with Gasteiger partial charge < -0.3 is 31.9 Å². The minimum absolute atomic E-state index is 0.0800. The van der Waals surface area contributed by atoms with Crippen LogP contribution in [-0.2, 0) is 25.6 Å². The Labute approximate surface area is 181 Å². The molecule has 31 heavy (non-hydrogen) atoms. The maximum Gasteiger partial charge on any atom is 0.326 e. The number of nitrogens with two attached hydrogens (primary N) is 1. The predicted molar refractivity (Wildman–Crippen MR) is 114 cm³/mol. The van der Waals surface area contributed by atoms with Gasteiger partial charge in [0.25, 0.3) is 0 Å². The Morgan fingerprint density at radius 3 is 1.87 bits per heavy atom. The van der Waals surface area contributed by atoms with E-state index in [1.54, 1.807) is 44.2 Å². The van der Waals surface area contributed by atoms with E-state index in [4.69, 9.17) is 5.73 Å². The lowest BCUT2D eigenvalue weighted by Crippen LogP contribution is -2.60. The molecule has 5 atom stereocenters. The van der Waals surface area contributed by atoms with Crippen LogP contribution in [0.4, 0.5) is 0 Å². The summed E-state index contributed by atoms with van der Waals surface area (Å²) in [7, 11) is 0. The highest BCUT2D eigenvalue weighted by Gasteiger charge is 2.32. The molecule has 172 valence electrons. The second kappa shape index (κ2) is 12.0. The standard InChI is InChI=1S/C21H32N4O6/c1-11(2)16(21(30)31)24-19(28)15(10-14-8-6-5-7-9-14)23-20(29)17(13(4)26)25-18(27)12(3)22/h5-9,11-13,15-17,26H,10,22H2,1-4H3,(H,23,29)(H,24,28)(H,25,27)(H,30,31). The molecule has 10 heteroatoms. The Kier molecular flexibility index (Phi) is 10.1. The summed E-state index contributed by atoms with van der Waals surface area (Å²) in [6.07, 6.45) is -1.18. The fourth-order valence-electron chi connectivity index (χ4n) is 2.78. The fraction of sp³-hybridized carbons (Fsp3) is 0.524. The van der Waals surface area contributed by atoms with Crippen molar-refractivity contribution in [3.05, 3.63) is 35.9 Å². The second-order valence-electron chi connectivity index (χ2n) is 7.83. The Balaban J connectivity index is 3.09. The number of aliphatic hydroxyl groups excluding tert-OH is 1. The van der Waals surface area contributed by atoms with E-state index in [2.05, 4.69) is 16.0 Å². The molecule has 0 aliphatic carbocycles. The maximum atomic E-state index is 12.9. The number of nitrogens with one attached hydrogen (secondary N) is 3. The lowest BCUT2D eigenvalue weighted by molar-refractivity contribution is -0.143. The van der Waals surface area contributed by atoms with Crippen molar-refractivity contribution in [3.8, 4) is 0 Å². The number of aliphatic carboxylic acids is 1.